The summed E-state index contributed by atoms with van der Waals surface area (Å²) in [6.07, 6.45) is 0.684. The summed E-state index contributed by atoms with van der Waals surface area (Å²) in [5.41, 5.74) is 8.01. The summed E-state index contributed by atoms with van der Waals surface area (Å²) in [5, 5.41) is 0. The molecule has 0 fully saturated rings. The third kappa shape index (κ3) is 4.04. The second kappa shape index (κ2) is 6.40. The highest BCUT2D eigenvalue weighted by Crippen LogP contribution is 2.19. The SMILES string of the molecule is CC(C)OC(=O)c1cccc(CCN(C)C)c1N. The number of ether oxygens (including phenoxy) is 1. The Hall–Kier alpha value is -1.55. The van der Waals surface area contributed by atoms with Gasteiger partial charge in [0, 0.05) is 12.2 Å². The van der Waals surface area contributed by atoms with Gasteiger partial charge < -0.3 is 15.4 Å². The smallest absolute Gasteiger partial charge is 0.340 e. The summed E-state index contributed by atoms with van der Waals surface area (Å²) < 4.78 is 5.17. The molecule has 0 radical (unpaired) electrons. The van der Waals surface area contributed by atoms with Crippen LogP contribution in [0.1, 0.15) is 29.8 Å². The Balaban J connectivity index is 2.87. The molecule has 1 aromatic carbocycles. The van der Waals surface area contributed by atoms with Gasteiger partial charge in [0.15, 0.2) is 0 Å². The van der Waals surface area contributed by atoms with Crippen molar-refractivity contribution < 1.29 is 9.53 Å². The monoisotopic (exact) mass is 250 g/mol. The predicted octanol–water partition coefficient (Wildman–Crippen LogP) is 1.94. The predicted molar refractivity (Wildman–Crippen MR) is 73.7 cm³/mol. The van der Waals surface area contributed by atoms with Gasteiger partial charge in [-0.05, 0) is 46.0 Å². The molecule has 0 aliphatic carbocycles. The number of carbonyl (C=O) groups excluding carboxylic acids is 1. The Kier molecular flexibility index (Phi) is 5.16. The van der Waals surface area contributed by atoms with Gasteiger partial charge in [0.05, 0.1) is 11.7 Å². The molecular formula is C14H22N2O2. The molecule has 4 heteroatoms. The second-order valence-corrected chi connectivity index (χ2v) is 4.89. The molecule has 0 spiro atoms. The normalized spacial score (nSPS) is 11.0. The Morgan fingerprint density at radius 2 is 2.06 bits per heavy atom. The highest BCUT2D eigenvalue weighted by Gasteiger charge is 2.14. The van der Waals surface area contributed by atoms with Crippen molar-refractivity contribution in [3.63, 3.8) is 0 Å². The first kappa shape index (κ1) is 14.5. The van der Waals surface area contributed by atoms with E-state index in [0.29, 0.717) is 11.3 Å². The lowest BCUT2D eigenvalue weighted by atomic mass is 10.0. The van der Waals surface area contributed by atoms with E-state index in [1.165, 1.54) is 0 Å². The largest absolute Gasteiger partial charge is 0.459 e. The number of esters is 1. The fourth-order valence-electron chi connectivity index (χ4n) is 1.63. The number of anilines is 1. The van der Waals surface area contributed by atoms with Crippen LogP contribution in [0.4, 0.5) is 5.69 Å². The van der Waals surface area contributed by atoms with Crippen LogP contribution in [-0.2, 0) is 11.2 Å². The van der Waals surface area contributed by atoms with Crippen molar-refractivity contribution in [3.8, 4) is 0 Å². The highest BCUT2D eigenvalue weighted by molar-refractivity contribution is 5.95. The Labute approximate surface area is 109 Å². The zero-order chi connectivity index (χ0) is 13.7. The average molecular weight is 250 g/mol. The first-order chi connectivity index (χ1) is 8.41. The quantitative estimate of drug-likeness (QED) is 0.641. The van der Waals surface area contributed by atoms with Crippen molar-refractivity contribution in [1.82, 2.24) is 4.90 Å². The molecule has 0 bridgehead atoms. The van der Waals surface area contributed by atoms with Gasteiger partial charge in [0.2, 0.25) is 0 Å². The number of hydrogen-bond acceptors (Lipinski definition) is 4. The number of nitrogens with two attached hydrogens (primary N) is 1. The van der Waals surface area contributed by atoms with Gasteiger partial charge in [-0.1, -0.05) is 12.1 Å². The Bertz CT molecular complexity index is 414. The fourth-order valence-corrected chi connectivity index (χ4v) is 1.63. The van der Waals surface area contributed by atoms with Crippen LogP contribution >= 0.6 is 0 Å². The van der Waals surface area contributed by atoms with Gasteiger partial charge in [-0.2, -0.15) is 0 Å². The number of benzene rings is 1. The van der Waals surface area contributed by atoms with Crippen LogP contribution in [0.5, 0.6) is 0 Å². The summed E-state index contributed by atoms with van der Waals surface area (Å²) in [5.74, 6) is -0.353. The number of nitrogens with zero attached hydrogens (tertiary/aromatic N) is 1. The number of likely N-dealkylation sites (N-methyl/N-ethyl adjacent to an activating group) is 1. The van der Waals surface area contributed by atoms with Crippen molar-refractivity contribution in [2.45, 2.75) is 26.4 Å². The molecule has 0 amide bonds. The fraction of sp³-hybridized carbons (Fsp3) is 0.500. The van der Waals surface area contributed by atoms with E-state index in [1.807, 2.05) is 40.1 Å². The Morgan fingerprint density at radius 1 is 1.39 bits per heavy atom. The number of nitrogen functional groups attached to an aromatic ring is 1. The summed E-state index contributed by atoms with van der Waals surface area (Å²) in [4.78, 5) is 13.9. The van der Waals surface area contributed by atoms with Crippen molar-refractivity contribution >= 4 is 11.7 Å². The van der Waals surface area contributed by atoms with Crippen LogP contribution in [0, 0.1) is 0 Å². The molecule has 1 aromatic rings. The summed E-state index contributed by atoms with van der Waals surface area (Å²) >= 11 is 0. The molecule has 0 aliphatic heterocycles. The summed E-state index contributed by atoms with van der Waals surface area (Å²) in [7, 11) is 4.01. The molecule has 18 heavy (non-hydrogen) atoms. The van der Waals surface area contributed by atoms with Crippen molar-refractivity contribution in [1.29, 1.82) is 0 Å². The van der Waals surface area contributed by atoms with E-state index in [0.717, 1.165) is 18.5 Å². The summed E-state index contributed by atoms with van der Waals surface area (Å²) in [6, 6.07) is 5.50. The van der Waals surface area contributed by atoms with Crippen LogP contribution in [-0.4, -0.2) is 37.6 Å². The zero-order valence-corrected chi connectivity index (χ0v) is 11.6. The van der Waals surface area contributed by atoms with Crippen LogP contribution < -0.4 is 5.73 Å². The third-order valence-electron chi connectivity index (χ3n) is 2.59. The zero-order valence-electron chi connectivity index (χ0n) is 11.6. The van der Waals surface area contributed by atoms with Gasteiger partial charge in [-0.25, -0.2) is 4.79 Å². The molecule has 2 N–H and O–H groups in total. The lowest BCUT2D eigenvalue weighted by Crippen LogP contribution is -2.17. The van der Waals surface area contributed by atoms with Gasteiger partial charge in [0.1, 0.15) is 0 Å². The minimum absolute atomic E-state index is 0.137. The molecule has 4 nitrogen and oxygen atoms in total. The van der Waals surface area contributed by atoms with Gasteiger partial charge in [-0.3, -0.25) is 0 Å². The van der Waals surface area contributed by atoms with Crippen molar-refractivity contribution in [2.24, 2.45) is 0 Å². The van der Waals surface area contributed by atoms with E-state index < -0.39 is 0 Å². The molecule has 0 saturated carbocycles. The molecule has 0 unspecified atom stereocenters. The maximum atomic E-state index is 11.9. The van der Waals surface area contributed by atoms with E-state index in [1.54, 1.807) is 6.07 Å². The second-order valence-electron chi connectivity index (χ2n) is 4.89. The van der Waals surface area contributed by atoms with Gasteiger partial charge in [-0.15, -0.1) is 0 Å². The maximum absolute atomic E-state index is 11.9. The van der Waals surface area contributed by atoms with Gasteiger partial charge >= 0.3 is 5.97 Å². The third-order valence-corrected chi connectivity index (χ3v) is 2.59. The molecule has 0 atom stereocenters. The molecule has 100 valence electrons. The average Bonchev–Trinajstić information content (AvgIpc) is 2.26. The van der Waals surface area contributed by atoms with Gasteiger partial charge in [0.25, 0.3) is 0 Å². The van der Waals surface area contributed by atoms with Crippen LogP contribution in [0.3, 0.4) is 0 Å². The minimum atomic E-state index is -0.353. The van der Waals surface area contributed by atoms with Crippen LogP contribution in [0.2, 0.25) is 0 Å². The van der Waals surface area contributed by atoms with Crippen LogP contribution in [0.15, 0.2) is 18.2 Å². The van der Waals surface area contributed by atoms with E-state index in [-0.39, 0.29) is 12.1 Å². The standard InChI is InChI=1S/C14H22N2O2/c1-10(2)18-14(17)12-7-5-6-11(13(12)15)8-9-16(3)4/h5-7,10H,8-9,15H2,1-4H3. The van der Waals surface area contributed by atoms with Crippen molar-refractivity contribution in [2.75, 3.05) is 26.4 Å². The number of carbonyl (C=O) groups is 1. The maximum Gasteiger partial charge on any atom is 0.340 e. The lowest BCUT2D eigenvalue weighted by Gasteiger charge is -2.14. The minimum Gasteiger partial charge on any atom is -0.459 e. The van der Waals surface area contributed by atoms with E-state index in [4.69, 9.17) is 10.5 Å². The number of hydrogen-bond donors (Lipinski definition) is 1. The molecule has 0 saturated heterocycles. The Morgan fingerprint density at radius 3 is 2.61 bits per heavy atom. The topological polar surface area (TPSA) is 55.6 Å². The molecule has 0 aliphatic rings. The molecule has 0 aromatic heterocycles. The van der Waals surface area contributed by atoms with E-state index in [2.05, 4.69) is 4.90 Å². The number of para-hydroxylation sites is 1. The first-order valence-corrected chi connectivity index (χ1v) is 6.15. The first-order valence-electron chi connectivity index (χ1n) is 6.15. The molecular weight excluding hydrogens is 228 g/mol. The van der Waals surface area contributed by atoms with E-state index in [9.17, 15) is 4.79 Å². The highest BCUT2D eigenvalue weighted by atomic mass is 16.5. The number of rotatable bonds is 5. The van der Waals surface area contributed by atoms with Crippen molar-refractivity contribution in [3.05, 3.63) is 29.3 Å². The lowest BCUT2D eigenvalue weighted by molar-refractivity contribution is 0.0379. The molecule has 0 heterocycles. The van der Waals surface area contributed by atoms with E-state index >= 15 is 0 Å². The summed E-state index contributed by atoms with van der Waals surface area (Å²) in [6.45, 7) is 4.54. The van der Waals surface area contributed by atoms with Crippen LogP contribution in [0.25, 0.3) is 0 Å². The molecule has 1 rings (SSSR count).